The van der Waals surface area contributed by atoms with Crippen LogP contribution >= 0.6 is 11.6 Å². The first-order chi connectivity index (χ1) is 11.4. The van der Waals surface area contributed by atoms with Gasteiger partial charge in [0, 0.05) is 18.3 Å². The fraction of sp³-hybridized carbons (Fsp3) is 0.222. The molecule has 0 saturated heterocycles. The number of amides is 2. The molecule has 0 atom stereocenters. The van der Waals surface area contributed by atoms with Crippen LogP contribution in [-0.4, -0.2) is 18.9 Å². The molecule has 6 heteroatoms. The van der Waals surface area contributed by atoms with Crippen LogP contribution in [0.2, 0.25) is 5.02 Å². The molecule has 0 aliphatic rings. The molecule has 0 bridgehead atoms. The zero-order valence-electron chi connectivity index (χ0n) is 13.8. The fourth-order valence-corrected chi connectivity index (χ4v) is 2.56. The zero-order chi connectivity index (χ0) is 17.7. The Bertz CT molecular complexity index is 775. The standard InChI is InChI=1S/C18H19ClN2O3/c1-11-7-17(24-3)16(19)8-13(11)9-18(23)21-15-6-4-5-14(10-15)20-12(2)22/h4-8,10H,9H2,1-3H3,(H,20,22)(H,21,23). The second-order valence-corrected chi connectivity index (χ2v) is 5.81. The van der Waals surface area contributed by atoms with E-state index in [9.17, 15) is 9.59 Å². The number of anilines is 2. The summed E-state index contributed by atoms with van der Waals surface area (Å²) in [6.07, 6.45) is 0.194. The van der Waals surface area contributed by atoms with Crippen LogP contribution in [0, 0.1) is 6.92 Å². The van der Waals surface area contributed by atoms with Gasteiger partial charge in [0.25, 0.3) is 0 Å². The average molecular weight is 347 g/mol. The number of hydrogen-bond donors (Lipinski definition) is 2. The maximum atomic E-state index is 12.3. The van der Waals surface area contributed by atoms with Crippen molar-refractivity contribution >= 4 is 34.8 Å². The Morgan fingerprint density at radius 1 is 1.12 bits per heavy atom. The predicted octanol–water partition coefficient (Wildman–Crippen LogP) is 3.80. The van der Waals surface area contributed by atoms with Crippen molar-refractivity contribution in [2.75, 3.05) is 17.7 Å². The lowest BCUT2D eigenvalue weighted by molar-refractivity contribution is -0.116. The summed E-state index contributed by atoms with van der Waals surface area (Å²) in [6, 6.07) is 10.5. The summed E-state index contributed by atoms with van der Waals surface area (Å²) in [5.41, 5.74) is 3.00. The number of carbonyl (C=O) groups is 2. The smallest absolute Gasteiger partial charge is 0.228 e. The molecule has 0 aliphatic heterocycles. The van der Waals surface area contributed by atoms with E-state index in [1.54, 1.807) is 37.4 Å². The van der Waals surface area contributed by atoms with E-state index in [0.717, 1.165) is 11.1 Å². The van der Waals surface area contributed by atoms with Gasteiger partial charge in [0.05, 0.1) is 18.6 Å². The highest BCUT2D eigenvalue weighted by Gasteiger charge is 2.11. The van der Waals surface area contributed by atoms with Gasteiger partial charge in [-0.25, -0.2) is 0 Å². The fourth-order valence-electron chi connectivity index (χ4n) is 2.30. The average Bonchev–Trinajstić information content (AvgIpc) is 2.50. The number of carbonyl (C=O) groups excluding carboxylic acids is 2. The summed E-state index contributed by atoms with van der Waals surface area (Å²) in [6.45, 7) is 3.33. The van der Waals surface area contributed by atoms with Crippen LogP contribution in [-0.2, 0) is 16.0 Å². The van der Waals surface area contributed by atoms with Crippen LogP contribution in [0.5, 0.6) is 5.75 Å². The van der Waals surface area contributed by atoms with Gasteiger partial charge in [0.1, 0.15) is 5.75 Å². The molecular formula is C18H19ClN2O3. The third kappa shape index (κ3) is 4.73. The molecule has 0 radical (unpaired) electrons. The van der Waals surface area contributed by atoms with Crippen molar-refractivity contribution in [3.8, 4) is 5.75 Å². The van der Waals surface area contributed by atoms with Gasteiger partial charge in [-0.1, -0.05) is 17.7 Å². The second-order valence-electron chi connectivity index (χ2n) is 5.40. The Labute approximate surface area is 146 Å². The van der Waals surface area contributed by atoms with E-state index in [1.807, 2.05) is 13.0 Å². The summed E-state index contributed by atoms with van der Waals surface area (Å²) < 4.78 is 5.16. The lowest BCUT2D eigenvalue weighted by atomic mass is 10.0. The van der Waals surface area contributed by atoms with E-state index >= 15 is 0 Å². The molecule has 0 aromatic heterocycles. The van der Waals surface area contributed by atoms with Gasteiger partial charge in [-0.3, -0.25) is 9.59 Å². The van der Waals surface area contributed by atoms with Gasteiger partial charge in [-0.15, -0.1) is 0 Å². The SMILES string of the molecule is COc1cc(C)c(CC(=O)Nc2cccc(NC(C)=O)c2)cc1Cl. The van der Waals surface area contributed by atoms with Gasteiger partial charge in [-0.2, -0.15) is 0 Å². The van der Waals surface area contributed by atoms with E-state index < -0.39 is 0 Å². The minimum atomic E-state index is -0.167. The van der Waals surface area contributed by atoms with Gasteiger partial charge in [-0.05, 0) is 48.4 Å². The topological polar surface area (TPSA) is 67.4 Å². The number of ether oxygens (including phenoxy) is 1. The van der Waals surface area contributed by atoms with Crippen LogP contribution < -0.4 is 15.4 Å². The van der Waals surface area contributed by atoms with Crippen molar-refractivity contribution in [3.05, 3.63) is 52.5 Å². The van der Waals surface area contributed by atoms with E-state index in [-0.39, 0.29) is 18.2 Å². The number of nitrogens with one attached hydrogen (secondary N) is 2. The molecule has 24 heavy (non-hydrogen) atoms. The number of rotatable bonds is 5. The van der Waals surface area contributed by atoms with E-state index in [2.05, 4.69) is 10.6 Å². The number of benzene rings is 2. The largest absolute Gasteiger partial charge is 0.495 e. The molecule has 0 aliphatic carbocycles. The van der Waals surface area contributed by atoms with Crippen LogP contribution in [0.1, 0.15) is 18.1 Å². The monoisotopic (exact) mass is 346 g/mol. The third-order valence-electron chi connectivity index (χ3n) is 3.43. The Morgan fingerprint density at radius 3 is 2.42 bits per heavy atom. The highest BCUT2D eigenvalue weighted by atomic mass is 35.5. The van der Waals surface area contributed by atoms with E-state index in [0.29, 0.717) is 22.1 Å². The molecule has 0 spiro atoms. The molecule has 2 rings (SSSR count). The summed E-state index contributed by atoms with van der Waals surface area (Å²) in [7, 11) is 1.55. The first-order valence-corrected chi connectivity index (χ1v) is 7.77. The molecule has 2 amide bonds. The summed E-state index contributed by atoms with van der Waals surface area (Å²) in [5.74, 6) is 0.252. The number of methoxy groups -OCH3 is 1. The zero-order valence-corrected chi connectivity index (χ0v) is 14.5. The molecular weight excluding hydrogens is 328 g/mol. The van der Waals surface area contributed by atoms with E-state index in [4.69, 9.17) is 16.3 Å². The predicted molar refractivity (Wildman–Crippen MR) is 95.8 cm³/mol. The Hall–Kier alpha value is -2.53. The molecule has 2 aromatic rings. The molecule has 2 N–H and O–H groups in total. The van der Waals surface area contributed by atoms with Crippen LogP contribution in [0.4, 0.5) is 11.4 Å². The molecule has 126 valence electrons. The molecule has 0 fully saturated rings. The Kier molecular flexibility index (Phi) is 5.82. The molecule has 0 unspecified atom stereocenters. The maximum Gasteiger partial charge on any atom is 0.228 e. The first kappa shape index (κ1) is 17.8. The van der Waals surface area contributed by atoms with Crippen LogP contribution in [0.25, 0.3) is 0 Å². The Balaban J connectivity index is 2.08. The normalized spacial score (nSPS) is 10.2. The van der Waals surface area contributed by atoms with Crippen molar-refractivity contribution < 1.29 is 14.3 Å². The minimum absolute atomic E-state index is 0.165. The number of hydrogen-bond acceptors (Lipinski definition) is 3. The minimum Gasteiger partial charge on any atom is -0.495 e. The maximum absolute atomic E-state index is 12.3. The van der Waals surface area contributed by atoms with E-state index in [1.165, 1.54) is 6.92 Å². The second kappa shape index (κ2) is 7.84. The highest BCUT2D eigenvalue weighted by Crippen LogP contribution is 2.28. The first-order valence-electron chi connectivity index (χ1n) is 7.39. The lowest BCUT2D eigenvalue weighted by Gasteiger charge is -2.11. The van der Waals surface area contributed by atoms with Gasteiger partial charge >= 0.3 is 0 Å². The van der Waals surface area contributed by atoms with Gasteiger partial charge in [0.2, 0.25) is 11.8 Å². The highest BCUT2D eigenvalue weighted by molar-refractivity contribution is 6.32. The van der Waals surface area contributed by atoms with Crippen molar-refractivity contribution in [1.29, 1.82) is 0 Å². The quantitative estimate of drug-likeness (QED) is 0.865. The lowest BCUT2D eigenvalue weighted by Crippen LogP contribution is -2.15. The summed E-state index contributed by atoms with van der Waals surface area (Å²) in [5, 5.41) is 5.96. The van der Waals surface area contributed by atoms with Gasteiger partial charge in [0.15, 0.2) is 0 Å². The van der Waals surface area contributed by atoms with Crippen LogP contribution in [0.3, 0.4) is 0 Å². The van der Waals surface area contributed by atoms with Crippen molar-refractivity contribution in [1.82, 2.24) is 0 Å². The van der Waals surface area contributed by atoms with Crippen molar-refractivity contribution in [3.63, 3.8) is 0 Å². The van der Waals surface area contributed by atoms with Crippen molar-refractivity contribution in [2.24, 2.45) is 0 Å². The molecule has 2 aromatic carbocycles. The van der Waals surface area contributed by atoms with Gasteiger partial charge < -0.3 is 15.4 Å². The van der Waals surface area contributed by atoms with Crippen molar-refractivity contribution in [2.45, 2.75) is 20.3 Å². The molecule has 5 nitrogen and oxygen atoms in total. The number of halogens is 1. The number of aryl methyl sites for hydroxylation is 1. The molecule has 0 saturated carbocycles. The molecule has 0 heterocycles. The van der Waals surface area contributed by atoms with Crippen LogP contribution in [0.15, 0.2) is 36.4 Å². The summed E-state index contributed by atoms with van der Waals surface area (Å²) in [4.78, 5) is 23.3. The third-order valence-corrected chi connectivity index (χ3v) is 3.72. The Morgan fingerprint density at radius 2 is 1.79 bits per heavy atom. The summed E-state index contributed by atoms with van der Waals surface area (Å²) >= 11 is 6.12.